The molecule has 1 aromatic carbocycles. The average Bonchev–Trinajstić information content (AvgIpc) is 2.75. The number of benzene rings is 1. The van der Waals surface area contributed by atoms with Gasteiger partial charge >= 0.3 is 0 Å². The Morgan fingerprint density at radius 2 is 2.28 bits per heavy atom. The van der Waals surface area contributed by atoms with Gasteiger partial charge in [-0.25, -0.2) is 4.98 Å². The van der Waals surface area contributed by atoms with Crippen LogP contribution in [0.5, 0.6) is 0 Å². The summed E-state index contributed by atoms with van der Waals surface area (Å²) >= 11 is 0. The Bertz CT molecular complexity index is 553. The number of nitrogens with two attached hydrogens (primary N) is 1. The monoisotopic (exact) mass is 267 g/mol. The van der Waals surface area contributed by atoms with E-state index in [2.05, 4.69) is 9.97 Å². The van der Waals surface area contributed by atoms with Crippen molar-refractivity contribution in [1.82, 2.24) is 9.97 Å². The van der Waals surface area contributed by atoms with Gasteiger partial charge in [0.1, 0.15) is 5.82 Å². The van der Waals surface area contributed by atoms with Crippen molar-refractivity contribution in [3.8, 4) is 0 Å². The maximum absolute atomic E-state index is 11.6. The lowest BCUT2D eigenvalue weighted by Crippen LogP contribution is -2.10. The van der Waals surface area contributed by atoms with Crippen molar-refractivity contribution in [2.45, 2.75) is 6.42 Å². The van der Waals surface area contributed by atoms with E-state index in [0.717, 1.165) is 16.9 Å². The first-order chi connectivity index (χ1) is 8.69. The molecule has 0 saturated carbocycles. The van der Waals surface area contributed by atoms with Crippen LogP contribution in [-0.4, -0.2) is 39.4 Å². The molecule has 18 heavy (non-hydrogen) atoms. The molecule has 1 aromatic heterocycles. The molecular formula is C12H17N3O2S. The zero-order valence-electron chi connectivity index (χ0n) is 10.3. The molecule has 0 saturated heterocycles. The van der Waals surface area contributed by atoms with Crippen LogP contribution in [0.15, 0.2) is 18.2 Å². The fourth-order valence-corrected chi connectivity index (χ4v) is 2.67. The maximum Gasteiger partial charge on any atom is 0.108 e. The lowest BCUT2D eigenvalue weighted by molar-refractivity contribution is 0.218. The van der Waals surface area contributed by atoms with Crippen molar-refractivity contribution in [3.05, 3.63) is 24.0 Å². The van der Waals surface area contributed by atoms with Crippen LogP contribution in [0.4, 0.5) is 5.69 Å². The second kappa shape index (κ2) is 5.97. The number of hydrogen-bond acceptors (Lipinski definition) is 4. The normalized spacial score (nSPS) is 12.9. The van der Waals surface area contributed by atoms with E-state index in [-0.39, 0.29) is 0 Å². The number of aryl methyl sites for hydroxylation is 1. The SMILES string of the molecule is COCCS(=O)CCc1nc2ccc(N)cc2[nH]1. The molecule has 98 valence electrons. The summed E-state index contributed by atoms with van der Waals surface area (Å²) in [5.74, 6) is 2.02. The third kappa shape index (κ3) is 3.30. The van der Waals surface area contributed by atoms with E-state index in [9.17, 15) is 4.21 Å². The number of fused-ring (bicyclic) bond motifs is 1. The van der Waals surface area contributed by atoms with Crippen LogP contribution in [0.3, 0.4) is 0 Å². The fraction of sp³-hybridized carbons (Fsp3) is 0.417. The Morgan fingerprint density at radius 1 is 1.44 bits per heavy atom. The quantitative estimate of drug-likeness (QED) is 0.767. The zero-order valence-corrected chi connectivity index (χ0v) is 11.1. The van der Waals surface area contributed by atoms with E-state index in [1.165, 1.54) is 0 Å². The highest BCUT2D eigenvalue weighted by molar-refractivity contribution is 7.84. The molecule has 2 aromatic rings. The van der Waals surface area contributed by atoms with Crippen LogP contribution in [0.2, 0.25) is 0 Å². The smallest absolute Gasteiger partial charge is 0.108 e. The van der Waals surface area contributed by atoms with Crippen LogP contribution >= 0.6 is 0 Å². The minimum Gasteiger partial charge on any atom is -0.399 e. The molecular weight excluding hydrogens is 250 g/mol. The van der Waals surface area contributed by atoms with E-state index in [1.807, 2.05) is 18.2 Å². The van der Waals surface area contributed by atoms with Crippen LogP contribution in [0.1, 0.15) is 5.82 Å². The Kier molecular flexibility index (Phi) is 4.33. The van der Waals surface area contributed by atoms with Crippen molar-refractivity contribution in [3.63, 3.8) is 0 Å². The molecule has 0 aliphatic carbocycles. The highest BCUT2D eigenvalue weighted by Gasteiger charge is 2.05. The summed E-state index contributed by atoms with van der Waals surface area (Å²) in [6, 6.07) is 5.56. The fourth-order valence-electron chi connectivity index (χ4n) is 1.69. The molecule has 0 radical (unpaired) electrons. The second-order valence-electron chi connectivity index (χ2n) is 4.05. The van der Waals surface area contributed by atoms with Crippen molar-refractivity contribution in [2.24, 2.45) is 0 Å². The van der Waals surface area contributed by atoms with Gasteiger partial charge in [-0.1, -0.05) is 0 Å². The number of hydrogen-bond donors (Lipinski definition) is 2. The third-order valence-corrected chi connectivity index (χ3v) is 3.92. The van der Waals surface area contributed by atoms with Gasteiger partial charge in [-0.3, -0.25) is 4.21 Å². The van der Waals surface area contributed by atoms with Crippen molar-refractivity contribution >= 4 is 27.5 Å². The summed E-state index contributed by atoms with van der Waals surface area (Å²) in [6.45, 7) is 0.531. The van der Waals surface area contributed by atoms with Crippen molar-refractivity contribution in [2.75, 3.05) is 31.0 Å². The van der Waals surface area contributed by atoms with Gasteiger partial charge in [0.05, 0.1) is 17.6 Å². The predicted molar refractivity (Wildman–Crippen MR) is 74.0 cm³/mol. The molecule has 3 N–H and O–H groups in total. The van der Waals surface area contributed by atoms with E-state index >= 15 is 0 Å². The molecule has 1 atom stereocenters. The second-order valence-corrected chi connectivity index (χ2v) is 5.75. The Balaban J connectivity index is 1.97. The van der Waals surface area contributed by atoms with Gasteiger partial charge in [0.2, 0.25) is 0 Å². The van der Waals surface area contributed by atoms with E-state index in [0.29, 0.717) is 30.2 Å². The number of anilines is 1. The number of imidazole rings is 1. The molecule has 0 fully saturated rings. The van der Waals surface area contributed by atoms with Gasteiger partial charge in [0.25, 0.3) is 0 Å². The molecule has 0 bridgehead atoms. The summed E-state index contributed by atoms with van der Waals surface area (Å²) in [4.78, 5) is 7.62. The van der Waals surface area contributed by atoms with Crippen LogP contribution in [0.25, 0.3) is 11.0 Å². The Morgan fingerprint density at radius 3 is 3.06 bits per heavy atom. The van der Waals surface area contributed by atoms with Gasteiger partial charge in [0.15, 0.2) is 0 Å². The number of nitrogen functional groups attached to an aromatic ring is 1. The number of H-pyrrole nitrogens is 1. The first-order valence-corrected chi connectivity index (χ1v) is 7.26. The van der Waals surface area contributed by atoms with Crippen molar-refractivity contribution in [1.29, 1.82) is 0 Å². The number of aromatic amines is 1. The zero-order chi connectivity index (χ0) is 13.0. The van der Waals surface area contributed by atoms with Gasteiger partial charge in [-0.15, -0.1) is 0 Å². The molecule has 0 aliphatic rings. The molecule has 1 heterocycles. The van der Waals surface area contributed by atoms with Crippen LogP contribution in [-0.2, 0) is 22.0 Å². The minimum atomic E-state index is -0.856. The predicted octanol–water partition coefficient (Wildman–Crippen LogP) is 1.08. The number of methoxy groups -OCH3 is 1. The van der Waals surface area contributed by atoms with Gasteiger partial charge in [0, 0.05) is 41.5 Å². The van der Waals surface area contributed by atoms with Crippen LogP contribution < -0.4 is 5.73 Å². The van der Waals surface area contributed by atoms with Gasteiger partial charge in [-0.2, -0.15) is 0 Å². The first kappa shape index (κ1) is 13.0. The number of aromatic nitrogens is 2. The number of nitrogens with one attached hydrogen (secondary N) is 1. The van der Waals surface area contributed by atoms with Gasteiger partial charge in [-0.05, 0) is 18.2 Å². The number of nitrogens with zero attached hydrogens (tertiary/aromatic N) is 1. The van der Waals surface area contributed by atoms with Crippen LogP contribution in [0, 0.1) is 0 Å². The minimum absolute atomic E-state index is 0.531. The molecule has 5 nitrogen and oxygen atoms in total. The Hall–Kier alpha value is -1.40. The standard InChI is InChI=1S/C12H17N3O2S/c1-17-5-7-18(16)6-4-12-14-10-3-2-9(13)8-11(10)15-12/h2-3,8H,4-7,13H2,1H3,(H,14,15). The first-order valence-electron chi connectivity index (χ1n) is 5.77. The summed E-state index contributed by atoms with van der Waals surface area (Å²) in [5.41, 5.74) is 8.22. The van der Waals surface area contributed by atoms with E-state index < -0.39 is 10.8 Å². The molecule has 0 spiro atoms. The van der Waals surface area contributed by atoms with Crippen molar-refractivity contribution < 1.29 is 8.95 Å². The lowest BCUT2D eigenvalue weighted by atomic mass is 10.3. The molecule has 1 unspecified atom stereocenters. The topological polar surface area (TPSA) is 81.0 Å². The number of rotatable bonds is 6. The molecule has 0 aliphatic heterocycles. The average molecular weight is 267 g/mol. The van der Waals surface area contributed by atoms with Gasteiger partial charge < -0.3 is 15.5 Å². The molecule has 0 amide bonds. The summed E-state index contributed by atoms with van der Waals surface area (Å²) in [5, 5.41) is 0. The highest BCUT2D eigenvalue weighted by atomic mass is 32.2. The maximum atomic E-state index is 11.6. The summed E-state index contributed by atoms with van der Waals surface area (Å²) in [6.07, 6.45) is 0.672. The van der Waals surface area contributed by atoms with E-state index in [1.54, 1.807) is 7.11 Å². The summed E-state index contributed by atoms with van der Waals surface area (Å²) < 4.78 is 16.5. The molecule has 6 heteroatoms. The summed E-state index contributed by atoms with van der Waals surface area (Å²) in [7, 11) is 0.756. The number of ether oxygens (including phenoxy) is 1. The highest BCUT2D eigenvalue weighted by Crippen LogP contribution is 2.15. The Labute approximate surface area is 108 Å². The lowest BCUT2D eigenvalue weighted by Gasteiger charge is -1.99. The third-order valence-electron chi connectivity index (χ3n) is 2.64. The molecule has 2 rings (SSSR count). The largest absolute Gasteiger partial charge is 0.399 e. The van der Waals surface area contributed by atoms with E-state index in [4.69, 9.17) is 10.5 Å².